The van der Waals surface area contributed by atoms with Crippen LogP contribution in [0.15, 0.2) is 29.2 Å². The molecule has 0 heterocycles. The molecule has 0 saturated carbocycles. The number of carbonyl (C=O) groups excluding carboxylic acids is 2. The maximum absolute atomic E-state index is 11.2. The van der Waals surface area contributed by atoms with Gasteiger partial charge in [0.05, 0.1) is 17.3 Å². The highest BCUT2D eigenvalue weighted by atomic mass is 35.5. The minimum absolute atomic E-state index is 0.137. The number of carbonyl (C=O) groups is 2. The van der Waals surface area contributed by atoms with E-state index in [1.165, 1.54) is 11.8 Å². The van der Waals surface area contributed by atoms with Crippen molar-refractivity contribution in [2.45, 2.75) is 4.90 Å². The second-order valence-electron chi connectivity index (χ2n) is 2.96. The zero-order valence-corrected chi connectivity index (χ0v) is 9.98. The average Bonchev–Trinajstić information content (AvgIpc) is 2.25. The van der Waals surface area contributed by atoms with Crippen LogP contribution in [0.2, 0.25) is 5.02 Å². The van der Waals surface area contributed by atoms with E-state index in [0.29, 0.717) is 5.02 Å². The van der Waals surface area contributed by atoms with Gasteiger partial charge in [0.25, 0.3) is 0 Å². The van der Waals surface area contributed by atoms with Gasteiger partial charge in [0.1, 0.15) is 0 Å². The predicted octanol–water partition coefficient (Wildman–Crippen LogP) is 1.03. The molecule has 0 aliphatic heterocycles. The molecule has 2 amide bonds. The van der Waals surface area contributed by atoms with E-state index < -0.39 is 5.91 Å². The van der Waals surface area contributed by atoms with Gasteiger partial charge in [0.15, 0.2) is 0 Å². The summed E-state index contributed by atoms with van der Waals surface area (Å²) in [6.07, 6.45) is 0. The molecule has 0 atom stereocenters. The van der Waals surface area contributed by atoms with Crippen LogP contribution < -0.4 is 11.1 Å². The number of nitrogens with two attached hydrogens (primary N) is 1. The van der Waals surface area contributed by atoms with Crippen LogP contribution in [0.5, 0.6) is 0 Å². The van der Waals surface area contributed by atoms with Crippen LogP contribution in [0.1, 0.15) is 0 Å². The summed E-state index contributed by atoms with van der Waals surface area (Å²) in [6, 6.07) is 7.24. The number of rotatable bonds is 5. The largest absolute Gasteiger partial charge is 0.368 e. The molecule has 1 aromatic rings. The lowest BCUT2D eigenvalue weighted by molar-refractivity contribution is -0.123. The molecule has 1 rings (SSSR count). The maximum atomic E-state index is 11.2. The molecule has 0 aliphatic carbocycles. The van der Waals surface area contributed by atoms with Gasteiger partial charge in [-0.3, -0.25) is 9.59 Å². The van der Waals surface area contributed by atoms with E-state index in [0.717, 1.165) is 4.90 Å². The molecular weight excluding hydrogens is 248 g/mol. The van der Waals surface area contributed by atoms with Crippen molar-refractivity contribution >= 4 is 35.2 Å². The van der Waals surface area contributed by atoms with Crippen molar-refractivity contribution in [3.8, 4) is 0 Å². The van der Waals surface area contributed by atoms with Gasteiger partial charge >= 0.3 is 0 Å². The van der Waals surface area contributed by atoms with Gasteiger partial charge in [-0.05, 0) is 12.1 Å². The Morgan fingerprint density at radius 3 is 2.69 bits per heavy atom. The van der Waals surface area contributed by atoms with Gasteiger partial charge in [0, 0.05) is 4.90 Å². The number of thioether (sulfide) groups is 1. The lowest BCUT2D eigenvalue weighted by Crippen LogP contribution is -2.34. The van der Waals surface area contributed by atoms with E-state index in [9.17, 15) is 9.59 Å². The predicted molar refractivity (Wildman–Crippen MR) is 64.4 cm³/mol. The molecule has 0 aliphatic rings. The molecule has 86 valence electrons. The zero-order valence-electron chi connectivity index (χ0n) is 8.40. The van der Waals surface area contributed by atoms with Crippen LogP contribution in [-0.2, 0) is 9.59 Å². The summed E-state index contributed by atoms with van der Waals surface area (Å²) < 4.78 is 0. The van der Waals surface area contributed by atoms with Gasteiger partial charge in [0.2, 0.25) is 11.8 Å². The first kappa shape index (κ1) is 12.9. The Morgan fingerprint density at radius 2 is 2.06 bits per heavy atom. The van der Waals surface area contributed by atoms with Crippen molar-refractivity contribution in [2.75, 3.05) is 12.3 Å². The van der Waals surface area contributed by atoms with Crippen LogP contribution in [0.3, 0.4) is 0 Å². The van der Waals surface area contributed by atoms with Crippen LogP contribution >= 0.6 is 23.4 Å². The number of benzene rings is 1. The quantitative estimate of drug-likeness (QED) is 0.775. The molecule has 6 heteroatoms. The van der Waals surface area contributed by atoms with Crippen molar-refractivity contribution in [1.29, 1.82) is 0 Å². The summed E-state index contributed by atoms with van der Waals surface area (Å²) in [5.41, 5.74) is 4.89. The Labute approximate surface area is 103 Å². The first-order valence-corrected chi connectivity index (χ1v) is 5.88. The van der Waals surface area contributed by atoms with E-state index in [-0.39, 0.29) is 18.2 Å². The molecule has 0 unspecified atom stereocenters. The normalized spacial score (nSPS) is 9.81. The highest BCUT2D eigenvalue weighted by Gasteiger charge is 2.05. The number of hydrogen-bond donors (Lipinski definition) is 2. The molecule has 0 spiro atoms. The molecule has 0 bridgehead atoms. The Balaban J connectivity index is 2.37. The van der Waals surface area contributed by atoms with Crippen molar-refractivity contribution in [2.24, 2.45) is 5.73 Å². The van der Waals surface area contributed by atoms with Gasteiger partial charge in [-0.1, -0.05) is 23.7 Å². The average molecular weight is 259 g/mol. The first-order valence-electron chi connectivity index (χ1n) is 4.52. The van der Waals surface area contributed by atoms with Gasteiger partial charge in [-0.2, -0.15) is 0 Å². The Kier molecular flexibility index (Phi) is 5.14. The Bertz CT molecular complexity index is 398. The van der Waals surface area contributed by atoms with E-state index in [4.69, 9.17) is 17.3 Å². The SMILES string of the molecule is NC(=O)CNC(=O)CSc1ccccc1Cl. The van der Waals surface area contributed by atoms with Crippen molar-refractivity contribution in [3.05, 3.63) is 29.3 Å². The third-order valence-corrected chi connectivity index (χ3v) is 3.17. The first-order chi connectivity index (χ1) is 7.59. The Hall–Kier alpha value is -1.20. The standard InChI is InChI=1S/C10H11ClN2O2S/c11-7-3-1-2-4-8(7)16-6-10(15)13-5-9(12)14/h1-4H,5-6H2,(H2,12,14)(H,13,15). The summed E-state index contributed by atoms with van der Waals surface area (Å²) in [6.45, 7) is -0.137. The van der Waals surface area contributed by atoms with Crippen LogP contribution in [-0.4, -0.2) is 24.1 Å². The second-order valence-corrected chi connectivity index (χ2v) is 4.39. The molecule has 0 radical (unpaired) electrons. The molecule has 0 aromatic heterocycles. The van der Waals surface area contributed by atoms with E-state index in [2.05, 4.69) is 5.32 Å². The summed E-state index contributed by atoms with van der Waals surface area (Å²) in [5.74, 6) is -0.600. The second kappa shape index (κ2) is 6.40. The summed E-state index contributed by atoms with van der Waals surface area (Å²) >= 11 is 7.22. The maximum Gasteiger partial charge on any atom is 0.236 e. The van der Waals surface area contributed by atoms with Gasteiger partial charge < -0.3 is 11.1 Å². The zero-order chi connectivity index (χ0) is 12.0. The van der Waals surface area contributed by atoms with Crippen LogP contribution in [0.4, 0.5) is 0 Å². The highest BCUT2D eigenvalue weighted by Crippen LogP contribution is 2.25. The van der Waals surface area contributed by atoms with E-state index >= 15 is 0 Å². The van der Waals surface area contributed by atoms with Crippen molar-refractivity contribution in [3.63, 3.8) is 0 Å². The minimum atomic E-state index is -0.559. The van der Waals surface area contributed by atoms with Crippen LogP contribution in [0, 0.1) is 0 Å². The molecule has 3 N–H and O–H groups in total. The van der Waals surface area contributed by atoms with E-state index in [1.807, 2.05) is 18.2 Å². The molecule has 1 aromatic carbocycles. The minimum Gasteiger partial charge on any atom is -0.368 e. The summed E-state index contributed by atoms with van der Waals surface area (Å²) in [5, 5.41) is 3.00. The summed E-state index contributed by atoms with van der Waals surface area (Å²) in [4.78, 5) is 22.5. The molecular formula is C10H11ClN2O2S. The molecule has 0 saturated heterocycles. The number of hydrogen-bond acceptors (Lipinski definition) is 3. The fourth-order valence-corrected chi connectivity index (χ4v) is 2.01. The fourth-order valence-electron chi connectivity index (χ4n) is 0.942. The smallest absolute Gasteiger partial charge is 0.236 e. The third kappa shape index (κ3) is 4.55. The highest BCUT2D eigenvalue weighted by molar-refractivity contribution is 8.00. The summed E-state index contributed by atoms with van der Waals surface area (Å²) in [7, 11) is 0. The fraction of sp³-hybridized carbons (Fsp3) is 0.200. The topological polar surface area (TPSA) is 72.2 Å². The Morgan fingerprint density at radius 1 is 1.38 bits per heavy atom. The third-order valence-electron chi connectivity index (χ3n) is 1.66. The van der Waals surface area contributed by atoms with Gasteiger partial charge in [-0.25, -0.2) is 0 Å². The molecule has 4 nitrogen and oxygen atoms in total. The van der Waals surface area contributed by atoms with Crippen molar-refractivity contribution < 1.29 is 9.59 Å². The van der Waals surface area contributed by atoms with E-state index in [1.54, 1.807) is 6.07 Å². The van der Waals surface area contributed by atoms with Gasteiger partial charge in [-0.15, -0.1) is 11.8 Å². The molecule has 0 fully saturated rings. The number of amides is 2. The lowest BCUT2D eigenvalue weighted by Gasteiger charge is -2.04. The lowest BCUT2D eigenvalue weighted by atomic mass is 10.4. The number of halogens is 1. The van der Waals surface area contributed by atoms with Crippen LogP contribution in [0.25, 0.3) is 0 Å². The number of nitrogens with one attached hydrogen (secondary N) is 1. The van der Waals surface area contributed by atoms with Crippen molar-refractivity contribution in [1.82, 2.24) is 5.32 Å². The molecule has 16 heavy (non-hydrogen) atoms. The monoisotopic (exact) mass is 258 g/mol. The number of primary amides is 1.